The fourth-order valence-corrected chi connectivity index (χ4v) is 13.9. The molecule has 9 rings (SSSR count). The van der Waals surface area contributed by atoms with Crippen LogP contribution in [0.1, 0.15) is 250 Å². The minimum absolute atomic E-state index is 0.0469. The predicted octanol–water partition coefficient (Wildman–Crippen LogP) is 23.1. The Morgan fingerprint density at radius 2 is 0.478 bits per heavy atom. The summed E-state index contributed by atoms with van der Waals surface area (Å²) in [4.78, 5) is 57.7. The van der Waals surface area contributed by atoms with E-state index in [9.17, 15) is 39.6 Å². The lowest BCUT2D eigenvalue weighted by molar-refractivity contribution is 0.0680. The minimum atomic E-state index is -1.46. The number of hydrogen-bond donors (Lipinski definition) is 4. The van der Waals surface area contributed by atoms with Crippen molar-refractivity contribution in [3.05, 3.63) is 166 Å². The molecule has 9 aromatic rings. The van der Waals surface area contributed by atoms with Gasteiger partial charge in [0.05, 0.1) is 22.3 Å². The van der Waals surface area contributed by atoms with Gasteiger partial charge in [0.2, 0.25) is 0 Å². The van der Waals surface area contributed by atoms with Crippen LogP contribution >= 0.6 is 0 Å². The molecule has 0 radical (unpaired) electrons. The summed E-state index contributed by atoms with van der Waals surface area (Å²) in [5.74, 6) is -4.46. The number of fused-ring (bicyclic) bond motifs is 2. The molecule has 0 aromatic heterocycles. The van der Waals surface area contributed by atoms with Gasteiger partial charge in [-0.15, -0.1) is 0 Å². The molecule has 0 heterocycles. The number of para-hydroxylation sites is 4. The van der Waals surface area contributed by atoms with Crippen molar-refractivity contribution in [2.24, 2.45) is 0 Å². The minimum Gasteiger partial charge on any atom is -0.478 e. The molecular weight excluding hydrogens is 1150 g/mol. The first kappa shape index (κ1) is 67.7. The van der Waals surface area contributed by atoms with E-state index in [0.29, 0.717) is 23.0 Å². The van der Waals surface area contributed by atoms with Crippen molar-refractivity contribution in [1.29, 1.82) is 0 Å². The third-order valence-electron chi connectivity index (χ3n) is 19.1. The van der Waals surface area contributed by atoms with Gasteiger partial charge in [-0.1, -0.05) is 233 Å². The molecule has 12 nitrogen and oxygen atoms in total. The molecule has 0 amide bonds. The number of aromatic carboxylic acids is 4. The number of carboxylic acid groups (broad SMARTS) is 4. The average molecular weight is 1250 g/mol. The van der Waals surface area contributed by atoms with E-state index < -0.39 is 67.8 Å². The van der Waals surface area contributed by atoms with Gasteiger partial charge >= 0.3 is 23.9 Å². The average Bonchev–Trinajstić information content (AvgIpc) is 0.682. The molecule has 9 aromatic carbocycles. The largest absolute Gasteiger partial charge is 0.478 e. The number of unbranched alkanes of at least 4 members (excludes halogenated alkanes) is 8. The lowest BCUT2D eigenvalue weighted by atomic mass is 9.79. The van der Waals surface area contributed by atoms with E-state index in [2.05, 4.69) is 83.1 Å². The summed E-state index contributed by atoms with van der Waals surface area (Å²) in [6.07, 6.45) is 14.8. The zero-order valence-electron chi connectivity index (χ0n) is 55.9. The molecule has 0 saturated carbocycles. The molecular formula is C80H92O12. The Kier molecular flexibility index (Phi) is 20.7. The van der Waals surface area contributed by atoms with E-state index in [-0.39, 0.29) is 66.1 Å². The number of hydrogen-bond acceptors (Lipinski definition) is 8. The highest BCUT2D eigenvalue weighted by molar-refractivity contribution is 6.42. The summed E-state index contributed by atoms with van der Waals surface area (Å²) in [5, 5.41) is 47.1. The number of carboxylic acids is 4. The van der Waals surface area contributed by atoms with Gasteiger partial charge in [0, 0.05) is 65.3 Å². The normalized spacial score (nSPS) is 12.3. The second kappa shape index (κ2) is 28.1. The highest BCUT2D eigenvalue weighted by Crippen LogP contribution is 2.58. The van der Waals surface area contributed by atoms with Crippen molar-refractivity contribution in [2.45, 2.75) is 207 Å². The SMILES string of the molecule is CCCCCC(C)(C)c1ccccc1Oc1cc(C(=O)O)c2c(C(=O)O)cc(Oc3ccccc3C(C)(C)CCCCC)c3c4c(Oc5ccccc5C(C)(C)CCCCC)cc(C(=O)O)c5c(C(=O)O)cc(Oc6ccccc6C(C)(C)CCCCC)c(c1c23)c54. The van der Waals surface area contributed by atoms with Crippen molar-refractivity contribution in [3.8, 4) is 46.0 Å². The zero-order valence-corrected chi connectivity index (χ0v) is 55.9. The Balaban J connectivity index is 1.58. The quantitative estimate of drug-likeness (QED) is 0.0178. The smallest absolute Gasteiger partial charge is 0.336 e. The Hall–Kier alpha value is -8.64. The third kappa shape index (κ3) is 13.8. The van der Waals surface area contributed by atoms with Gasteiger partial charge in [-0.2, -0.15) is 0 Å². The second-order valence-corrected chi connectivity index (χ2v) is 27.7. The molecule has 0 fully saturated rings. The van der Waals surface area contributed by atoms with E-state index in [1.54, 1.807) is 0 Å². The van der Waals surface area contributed by atoms with E-state index >= 15 is 0 Å². The van der Waals surface area contributed by atoms with Gasteiger partial charge in [0.15, 0.2) is 0 Å². The molecule has 0 atom stereocenters. The van der Waals surface area contributed by atoms with Gasteiger partial charge in [-0.05, 0) is 95.9 Å². The van der Waals surface area contributed by atoms with Crippen molar-refractivity contribution in [1.82, 2.24) is 0 Å². The van der Waals surface area contributed by atoms with Crippen LogP contribution in [0.15, 0.2) is 121 Å². The van der Waals surface area contributed by atoms with Crippen LogP contribution in [0.3, 0.4) is 0 Å². The number of benzene rings is 9. The van der Waals surface area contributed by atoms with Crippen LogP contribution in [0, 0.1) is 0 Å². The molecule has 484 valence electrons. The summed E-state index contributed by atoms with van der Waals surface area (Å²) in [5.41, 5.74) is -0.284. The maximum Gasteiger partial charge on any atom is 0.336 e. The van der Waals surface area contributed by atoms with Gasteiger partial charge in [-0.25, -0.2) is 19.2 Å². The number of rotatable bonds is 32. The highest BCUT2D eigenvalue weighted by Gasteiger charge is 2.37. The molecule has 0 saturated heterocycles. The predicted molar refractivity (Wildman–Crippen MR) is 370 cm³/mol. The second-order valence-electron chi connectivity index (χ2n) is 27.7. The Morgan fingerprint density at radius 3 is 0.663 bits per heavy atom. The number of carbonyl (C=O) groups is 4. The van der Waals surface area contributed by atoms with Crippen LogP contribution in [0.2, 0.25) is 0 Å². The van der Waals surface area contributed by atoms with Crippen molar-refractivity contribution >= 4 is 67.0 Å². The first-order valence-corrected chi connectivity index (χ1v) is 33.2. The Labute approximate surface area is 542 Å². The summed E-state index contributed by atoms with van der Waals surface area (Å²) >= 11 is 0. The van der Waals surface area contributed by atoms with Crippen LogP contribution in [-0.2, 0) is 21.7 Å². The first-order valence-electron chi connectivity index (χ1n) is 33.2. The molecule has 0 bridgehead atoms. The van der Waals surface area contributed by atoms with Crippen LogP contribution in [0.25, 0.3) is 43.1 Å². The Morgan fingerprint density at radius 1 is 0.283 bits per heavy atom. The molecule has 4 N–H and O–H groups in total. The van der Waals surface area contributed by atoms with Crippen molar-refractivity contribution in [3.63, 3.8) is 0 Å². The molecule has 0 aliphatic heterocycles. The number of ether oxygens (including phenoxy) is 4. The van der Waals surface area contributed by atoms with Crippen molar-refractivity contribution < 1.29 is 58.6 Å². The summed E-state index contributed by atoms with van der Waals surface area (Å²) < 4.78 is 29.5. The lowest BCUT2D eigenvalue weighted by Gasteiger charge is -2.30. The summed E-state index contributed by atoms with van der Waals surface area (Å²) in [6, 6.07) is 35.6. The van der Waals surface area contributed by atoms with Gasteiger partial charge < -0.3 is 39.4 Å². The van der Waals surface area contributed by atoms with Gasteiger partial charge in [-0.3, -0.25) is 0 Å². The van der Waals surface area contributed by atoms with E-state index in [4.69, 9.17) is 18.9 Å². The van der Waals surface area contributed by atoms with E-state index in [1.165, 1.54) is 24.3 Å². The van der Waals surface area contributed by atoms with Crippen LogP contribution < -0.4 is 18.9 Å². The van der Waals surface area contributed by atoms with Crippen molar-refractivity contribution in [2.75, 3.05) is 0 Å². The standard InChI is InChI=1S/C80H92O12/c1-13-17-29-41-77(5,6)53-33-21-25-37-57(53)89-61-45-49(73(81)82)65-50(74(83)84)47-63(91-59-39-27-23-35-55(59)79(9,10)43-31-19-15-3)69-70-64(92-60-40-28-24-36-56(60)80(11,12)44-32-20-16-4)48-52(76(87)88)66-51(75(85)86)46-62(68(72(66)70)67(61)71(65)69)90-58-38-26-22-34-54(58)78(7,8)42-30-18-14-2/h21-28,33-40,45-48H,13-20,29-32,41-44H2,1-12H3,(H,81,82)(H,83,84)(H,85,86)(H,87,88). The van der Waals surface area contributed by atoms with E-state index in [0.717, 1.165) is 125 Å². The Bertz CT molecular complexity index is 3670. The summed E-state index contributed by atoms with van der Waals surface area (Å²) in [6.45, 7) is 25.7. The fourth-order valence-electron chi connectivity index (χ4n) is 13.9. The first-order chi connectivity index (χ1) is 43.8. The van der Waals surface area contributed by atoms with Gasteiger partial charge in [0.1, 0.15) is 46.0 Å². The monoisotopic (exact) mass is 1240 g/mol. The van der Waals surface area contributed by atoms with E-state index in [1.807, 2.05) is 97.1 Å². The highest BCUT2D eigenvalue weighted by atomic mass is 16.5. The fraction of sp³-hybridized carbons (Fsp3) is 0.400. The topological polar surface area (TPSA) is 186 Å². The molecule has 0 unspecified atom stereocenters. The zero-order chi connectivity index (χ0) is 66.5. The van der Waals surface area contributed by atoms with Crippen LogP contribution in [0.4, 0.5) is 0 Å². The molecule has 0 spiro atoms. The lowest BCUT2D eigenvalue weighted by Crippen LogP contribution is -2.18. The van der Waals surface area contributed by atoms with Crippen LogP contribution in [-0.4, -0.2) is 44.3 Å². The molecule has 12 heteroatoms. The molecule has 0 aliphatic carbocycles. The maximum atomic E-state index is 14.4. The molecule has 0 aliphatic rings. The van der Waals surface area contributed by atoms with Gasteiger partial charge in [0.25, 0.3) is 0 Å². The summed E-state index contributed by atoms with van der Waals surface area (Å²) in [7, 11) is 0. The molecule has 92 heavy (non-hydrogen) atoms. The maximum absolute atomic E-state index is 14.4. The van der Waals surface area contributed by atoms with Crippen LogP contribution in [0.5, 0.6) is 46.0 Å². The third-order valence-corrected chi connectivity index (χ3v) is 19.1.